The average molecular weight is 362 g/mol. The summed E-state index contributed by atoms with van der Waals surface area (Å²) in [6, 6.07) is 8.20. The van der Waals surface area contributed by atoms with Crippen molar-refractivity contribution in [3.8, 4) is 11.4 Å². The van der Waals surface area contributed by atoms with E-state index in [1.807, 2.05) is 18.3 Å². The summed E-state index contributed by atoms with van der Waals surface area (Å²) >= 11 is 0. The van der Waals surface area contributed by atoms with Gasteiger partial charge in [0.25, 0.3) is 0 Å². The number of rotatable bonds is 3. The van der Waals surface area contributed by atoms with Crippen LogP contribution >= 0.6 is 0 Å². The summed E-state index contributed by atoms with van der Waals surface area (Å²) in [5.74, 6) is 1.84. The topological polar surface area (TPSA) is 85.9 Å². The number of aromatic amines is 1. The number of para-hydroxylation sites is 1. The number of anilines is 1. The molecule has 0 spiro atoms. The first-order chi connectivity index (χ1) is 13.2. The summed E-state index contributed by atoms with van der Waals surface area (Å²) in [5.41, 5.74) is 4.32. The molecule has 1 fully saturated rings. The van der Waals surface area contributed by atoms with Crippen molar-refractivity contribution in [3.63, 3.8) is 0 Å². The van der Waals surface area contributed by atoms with Gasteiger partial charge in [0.05, 0.1) is 11.6 Å². The van der Waals surface area contributed by atoms with Crippen molar-refractivity contribution in [1.82, 2.24) is 25.6 Å². The largest absolute Gasteiger partial charge is 0.360 e. The van der Waals surface area contributed by atoms with Crippen LogP contribution in [0, 0.1) is 5.92 Å². The summed E-state index contributed by atoms with van der Waals surface area (Å²) in [6.45, 7) is 3.08. The van der Waals surface area contributed by atoms with E-state index in [0.29, 0.717) is 6.54 Å². The van der Waals surface area contributed by atoms with Crippen LogP contribution in [0.3, 0.4) is 0 Å². The van der Waals surface area contributed by atoms with Crippen LogP contribution in [0.1, 0.15) is 17.7 Å². The molecule has 2 aliphatic rings. The predicted octanol–water partition coefficient (Wildman–Crippen LogP) is 1.80. The van der Waals surface area contributed by atoms with Crippen LogP contribution in [0.25, 0.3) is 22.3 Å². The molecular formula is C20H22N6O. The third-order valence-corrected chi connectivity index (χ3v) is 5.60. The Labute approximate surface area is 157 Å². The molecule has 1 aromatic carbocycles. The van der Waals surface area contributed by atoms with Gasteiger partial charge in [0, 0.05) is 61.5 Å². The summed E-state index contributed by atoms with van der Waals surface area (Å²) in [6.07, 6.45) is 2.84. The van der Waals surface area contributed by atoms with E-state index in [9.17, 15) is 4.79 Å². The van der Waals surface area contributed by atoms with E-state index >= 15 is 0 Å². The molecule has 0 bridgehead atoms. The molecule has 5 rings (SSSR count). The van der Waals surface area contributed by atoms with Gasteiger partial charge in [0.15, 0.2) is 5.82 Å². The number of carbonyl (C=O) groups excluding carboxylic acids is 1. The second-order valence-electron chi connectivity index (χ2n) is 7.19. The highest BCUT2D eigenvalue weighted by Crippen LogP contribution is 2.33. The number of nitrogens with zero attached hydrogens (tertiary/aromatic N) is 3. The molecule has 3 aromatic rings. The van der Waals surface area contributed by atoms with Crippen LogP contribution in [0.4, 0.5) is 5.82 Å². The highest BCUT2D eigenvalue weighted by molar-refractivity contribution is 5.94. The normalized spacial score (nSPS) is 18.9. The van der Waals surface area contributed by atoms with E-state index in [-0.39, 0.29) is 11.8 Å². The number of carbonyl (C=O) groups is 1. The van der Waals surface area contributed by atoms with Gasteiger partial charge in [-0.2, -0.15) is 0 Å². The van der Waals surface area contributed by atoms with Crippen molar-refractivity contribution in [3.05, 3.63) is 41.7 Å². The molecule has 0 unspecified atom stereocenters. The fraction of sp³-hybridized carbons (Fsp3) is 0.350. The van der Waals surface area contributed by atoms with Gasteiger partial charge < -0.3 is 20.5 Å². The molecule has 2 aromatic heterocycles. The van der Waals surface area contributed by atoms with Gasteiger partial charge in [0.2, 0.25) is 5.91 Å². The molecule has 0 saturated carbocycles. The molecule has 7 heteroatoms. The summed E-state index contributed by atoms with van der Waals surface area (Å²) in [5, 5.41) is 7.28. The molecular weight excluding hydrogens is 340 g/mol. The number of hydrogen-bond acceptors (Lipinski definition) is 5. The van der Waals surface area contributed by atoms with Gasteiger partial charge in [-0.15, -0.1) is 0 Å². The minimum atomic E-state index is 0.0199. The lowest BCUT2D eigenvalue weighted by Gasteiger charge is -2.21. The standard InChI is InChI=1S/C20H22N6O/c1-21-20(27)12-6-7-26(11-12)19-15-8-22-10-17(15)24-18(25-19)14-9-23-16-5-3-2-4-13(14)16/h2-5,9,12,22-23H,6-8,10-11H2,1H3,(H,21,27)/t12-/m0/s1. The number of nitrogens with one attached hydrogen (secondary N) is 3. The van der Waals surface area contributed by atoms with E-state index in [4.69, 9.17) is 9.97 Å². The van der Waals surface area contributed by atoms with Crippen LogP contribution in [0.2, 0.25) is 0 Å². The third kappa shape index (κ3) is 2.66. The van der Waals surface area contributed by atoms with Crippen LogP contribution in [-0.4, -0.2) is 41.0 Å². The molecule has 0 radical (unpaired) electrons. The molecule has 7 nitrogen and oxygen atoms in total. The Balaban J connectivity index is 1.58. The monoisotopic (exact) mass is 362 g/mol. The predicted molar refractivity (Wildman–Crippen MR) is 104 cm³/mol. The maximum absolute atomic E-state index is 12.0. The summed E-state index contributed by atoms with van der Waals surface area (Å²) < 4.78 is 0. The van der Waals surface area contributed by atoms with Gasteiger partial charge >= 0.3 is 0 Å². The van der Waals surface area contributed by atoms with Gasteiger partial charge in [-0.25, -0.2) is 9.97 Å². The number of fused-ring (bicyclic) bond motifs is 2. The Morgan fingerprint density at radius 2 is 2.15 bits per heavy atom. The quantitative estimate of drug-likeness (QED) is 0.661. The maximum Gasteiger partial charge on any atom is 0.224 e. The average Bonchev–Trinajstić information content (AvgIpc) is 3.45. The van der Waals surface area contributed by atoms with Crippen molar-refractivity contribution in [2.75, 3.05) is 25.0 Å². The maximum atomic E-state index is 12.0. The molecule has 138 valence electrons. The zero-order valence-electron chi connectivity index (χ0n) is 15.2. The van der Waals surface area contributed by atoms with E-state index in [2.05, 4.69) is 32.7 Å². The van der Waals surface area contributed by atoms with Crippen LogP contribution in [0.5, 0.6) is 0 Å². The summed E-state index contributed by atoms with van der Waals surface area (Å²) in [4.78, 5) is 27.4. The lowest BCUT2D eigenvalue weighted by Crippen LogP contribution is -2.30. The molecule has 3 N–H and O–H groups in total. The molecule has 0 aliphatic carbocycles. The number of hydrogen-bond donors (Lipinski definition) is 3. The zero-order chi connectivity index (χ0) is 18.4. The zero-order valence-corrected chi connectivity index (χ0v) is 15.2. The van der Waals surface area contributed by atoms with E-state index < -0.39 is 0 Å². The van der Waals surface area contributed by atoms with E-state index in [1.165, 1.54) is 0 Å². The molecule has 1 saturated heterocycles. The number of H-pyrrole nitrogens is 1. The van der Waals surface area contributed by atoms with Gasteiger partial charge in [-0.1, -0.05) is 18.2 Å². The molecule has 27 heavy (non-hydrogen) atoms. The fourth-order valence-corrected chi connectivity index (χ4v) is 4.16. The Kier molecular flexibility index (Phi) is 3.82. The fourth-order valence-electron chi connectivity index (χ4n) is 4.16. The Hall–Kier alpha value is -2.93. The third-order valence-electron chi connectivity index (χ3n) is 5.60. The Bertz CT molecular complexity index is 1030. The molecule has 1 atom stereocenters. The first kappa shape index (κ1) is 16.3. The number of benzene rings is 1. The van der Waals surface area contributed by atoms with Crippen LogP contribution in [-0.2, 0) is 17.9 Å². The number of aromatic nitrogens is 3. The first-order valence-corrected chi connectivity index (χ1v) is 9.38. The molecule has 2 aliphatic heterocycles. The van der Waals surface area contributed by atoms with E-state index in [1.54, 1.807) is 7.05 Å². The molecule has 4 heterocycles. The first-order valence-electron chi connectivity index (χ1n) is 9.38. The highest BCUT2D eigenvalue weighted by atomic mass is 16.1. The van der Waals surface area contributed by atoms with Crippen molar-refractivity contribution in [2.24, 2.45) is 5.92 Å². The SMILES string of the molecule is CNC(=O)[C@H]1CCN(c2nc(-c3c[nH]c4ccccc34)nc3c2CNC3)C1. The van der Waals surface area contributed by atoms with Crippen molar-refractivity contribution in [2.45, 2.75) is 19.5 Å². The second-order valence-corrected chi connectivity index (χ2v) is 7.19. The van der Waals surface area contributed by atoms with Gasteiger partial charge in [-0.3, -0.25) is 4.79 Å². The van der Waals surface area contributed by atoms with Crippen molar-refractivity contribution < 1.29 is 4.79 Å². The lowest BCUT2D eigenvalue weighted by molar-refractivity contribution is -0.123. The van der Waals surface area contributed by atoms with Gasteiger partial charge in [-0.05, 0) is 12.5 Å². The van der Waals surface area contributed by atoms with Crippen molar-refractivity contribution >= 4 is 22.6 Å². The lowest BCUT2D eigenvalue weighted by atomic mass is 10.1. The minimum absolute atomic E-state index is 0.0199. The van der Waals surface area contributed by atoms with E-state index in [0.717, 1.165) is 65.4 Å². The van der Waals surface area contributed by atoms with Crippen LogP contribution < -0.4 is 15.5 Å². The van der Waals surface area contributed by atoms with Gasteiger partial charge in [0.1, 0.15) is 5.82 Å². The molecule has 1 amide bonds. The second kappa shape index (κ2) is 6.35. The number of amides is 1. The minimum Gasteiger partial charge on any atom is -0.360 e. The van der Waals surface area contributed by atoms with Crippen molar-refractivity contribution in [1.29, 1.82) is 0 Å². The van der Waals surface area contributed by atoms with Crippen LogP contribution in [0.15, 0.2) is 30.5 Å². The highest BCUT2D eigenvalue weighted by Gasteiger charge is 2.32. The Morgan fingerprint density at radius 3 is 3.04 bits per heavy atom. The Morgan fingerprint density at radius 1 is 1.26 bits per heavy atom. The smallest absolute Gasteiger partial charge is 0.224 e. The summed E-state index contributed by atoms with van der Waals surface area (Å²) in [7, 11) is 1.70.